The van der Waals surface area contributed by atoms with Crippen molar-refractivity contribution >= 4 is 22.0 Å². The highest BCUT2D eigenvalue weighted by Crippen LogP contribution is 2.36. The molecule has 0 heterocycles. The fraction of sp³-hybridized carbons (Fsp3) is 0.0909. The number of hydrogen-bond acceptors (Lipinski definition) is 2. The van der Waals surface area contributed by atoms with E-state index in [9.17, 15) is 22.0 Å². The lowest BCUT2D eigenvalue weighted by molar-refractivity contribution is -0.140. The largest absolute Gasteiger partial charge is 0.419 e. The van der Waals surface area contributed by atoms with Crippen molar-refractivity contribution in [3.05, 3.63) is 38.9 Å². The van der Waals surface area contributed by atoms with Crippen LogP contribution in [0, 0.1) is 34.3 Å². The molecule has 0 aromatic heterocycles. The lowest BCUT2D eigenvalue weighted by atomic mass is 10.1. The zero-order chi connectivity index (χ0) is 14.8. The molecule has 0 amide bonds. The highest BCUT2D eigenvalue weighted by Gasteiger charge is 2.36. The number of alkyl halides is 3. The molecular weight excluding hydrogens is 335 g/mol. The van der Waals surface area contributed by atoms with Gasteiger partial charge in [0, 0.05) is 5.56 Å². The van der Waals surface area contributed by atoms with Gasteiger partial charge in [-0.1, -0.05) is 0 Å². The Morgan fingerprint density at radius 1 is 1.16 bits per heavy atom. The van der Waals surface area contributed by atoms with Crippen LogP contribution in [0.4, 0.5) is 22.0 Å². The van der Waals surface area contributed by atoms with Gasteiger partial charge < -0.3 is 0 Å². The summed E-state index contributed by atoms with van der Waals surface area (Å²) in [6.45, 7) is 0. The molecule has 1 aromatic carbocycles. The van der Waals surface area contributed by atoms with Crippen LogP contribution >= 0.6 is 15.9 Å². The van der Waals surface area contributed by atoms with E-state index in [-0.39, 0.29) is 6.07 Å². The molecule has 0 N–H and O–H groups in total. The Balaban J connectivity index is 3.67. The van der Waals surface area contributed by atoms with Crippen LogP contribution in [-0.4, -0.2) is 0 Å². The molecule has 0 aliphatic rings. The second-order valence-electron chi connectivity index (χ2n) is 3.23. The standard InChI is InChI=1S/C11H2BrF5N2/c12-8-2-7(11(15,16)17)9(13)6(10(8)14)1-5(3-18)4-19/h1-2H. The van der Waals surface area contributed by atoms with Crippen LogP contribution in [0.5, 0.6) is 0 Å². The van der Waals surface area contributed by atoms with Crippen LogP contribution in [0.25, 0.3) is 6.08 Å². The summed E-state index contributed by atoms with van der Waals surface area (Å²) in [5.41, 5.74) is -3.51. The molecular formula is C11H2BrF5N2. The second-order valence-corrected chi connectivity index (χ2v) is 4.08. The van der Waals surface area contributed by atoms with Gasteiger partial charge in [0.25, 0.3) is 0 Å². The maximum absolute atomic E-state index is 13.6. The van der Waals surface area contributed by atoms with E-state index in [0.717, 1.165) is 0 Å². The third-order valence-corrected chi connectivity index (χ3v) is 2.60. The lowest BCUT2D eigenvalue weighted by Crippen LogP contribution is -2.10. The Bertz CT molecular complexity index is 618. The van der Waals surface area contributed by atoms with E-state index in [0.29, 0.717) is 6.08 Å². The minimum atomic E-state index is -5.03. The fourth-order valence-electron chi connectivity index (χ4n) is 1.19. The van der Waals surface area contributed by atoms with Crippen LogP contribution in [0.3, 0.4) is 0 Å². The van der Waals surface area contributed by atoms with E-state index in [1.54, 1.807) is 0 Å². The number of halogens is 6. The average Bonchev–Trinajstić information content (AvgIpc) is 2.33. The lowest BCUT2D eigenvalue weighted by Gasteiger charge is -2.11. The summed E-state index contributed by atoms with van der Waals surface area (Å²) in [5, 5.41) is 16.9. The van der Waals surface area contributed by atoms with Gasteiger partial charge >= 0.3 is 6.18 Å². The molecule has 0 unspecified atom stereocenters. The molecule has 1 aromatic rings. The molecule has 0 atom stereocenters. The Morgan fingerprint density at radius 2 is 1.68 bits per heavy atom. The minimum Gasteiger partial charge on any atom is -0.206 e. The zero-order valence-corrected chi connectivity index (χ0v) is 10.4. The maximum Gasteiger partial charge on any atom is 0.419 e. The van der Waals surface area contributed by atoms with E-state index < -0.39 is 39.0 Å². The van der Waals surface area contributed by atoms with E-state index in [2.05, 4.69) is 15.9 Å². The summed E-state index contributed by atoms with van der Waals surface area (Å²) < 4.78 is 64.0. The van der Waals surface area contributed by atoms with Crippen LogP contribution < -0.4 is 0 Å². The van der Waals surface area contributed by atoms with Crippen molar-refractivity contribution < 1.29 is 22.0 Å². The van der Waals surface area contributed by atoms with Crippen LogP contribution in [-0.2, 0) is 6.18 Å². The second kappa shape index (κ2) is 5.37. The van der Waals surface area contributed by atoms with E-state index in [1.807, 2.05) is 0 Å². The van der Waals surface area contributed by atoms with Crippen molar-refractivity contribution in [1.29, 1.82) is 10.5 Å². The number of nitrogens with zero attached hydrogens (tertiary/aromatic N) is 2. The predicted molar refractivity (Wildman–Crippen MR) is 58.3 cm³/mol. The van der Waals surface area contributed by atoms with E-state index >= 15 is 0 Å². The van der Waals surface area contributed by atoms with Gasteiger partial charge in [-0.3, -0.25) is 0 Å². The summed E-state index contributed by atoms with van der Waals surface area (Å²) in [7, 11) is 0. The Hall–Kier alpha value is -1.93. The topological polar surface area (TPSA) is 47.6 Å². The summed E-state index contributed by atoms with van der Waals surface area (Å²) in [4.78, 5) is 0. The van der Waals surface area contributed by atoms with Gasteiger partial charge in [0.2, 0.25) is 0 Å². The first-order chi connectivity index (χ1) is 8.72. The maximum atomic E-state index is 13.6. The molecule has 19 heavy (non-hydrogen) atoms. The number of nitriles is 2. The zero-order valence-electron chi connectivity index (χ0n) is 8.82. The quantitative estimate of drug-likeness (QED) is 0.439. The minimum absolute atomic E-state index is 0.250. The van der Waals surface area contributed by atoms with Gasteiger partial charge in [-0.25, -0.2) is 8.78 Å². The molecule has 0 aliphatic carbocycles. The van der Waals surface area contributed by atoms with Crippen molar-refractivity contribution in [2.75, 3.05) is 0 Å². The van der Waals surface area contributed by atoms with Gasteiger partial charge in [-0.2, -0.15) is 23.7 Å². The summed E-state index contributed by atoms with van der Waals surface area (Å²) in [6.07, 6.45) is -4.60. The first-order valence-corrected chi connectivity index (χ1v) is 5.28. The average molecular weight is 337 g/mol. The van der Waals surface area contributed by atoms with Crippen LogP contribution in [0.2, 0.25) is 0 Å². The van der Waals surface area contributed by atoms with E-state index in [4.69, 9.17) is 10.5 Å². The molecule has 98 valence electrons. The number of benzene rings is 1. The first kappa shape index (κ1) is 15.1. The summed E-state index contributed by atoms with van der Waals surface area (Å²) in [6, 6.07) is 2.86. The third kappa shape index (κ3) is 3.09. The first-order valence-electron chi connectivity index (χ1n) is 4.49. The van der Waals surface area contributed by atoms with Gasteiger partial charge in [0.1, 0.15) is 29.3 Å². The monoisotopic (exact) mass is 336 g/mol. The fourth-order valence-corrected chi connectivity index (χ4v) is 1.63. The Morgan fingerprint density at radius 3 is 2.11 bits per heavy atom. The molecule has 0 saturated heterocycles. The van der Waals surface area contributed by atoms with Crippen molar-refractivity contribution in [3.8, 4) is 12.1 Å². The normalized spacial score (nSPS) is 10.5. The molecule has 0 fully saturated rings. The van der Waals surface area contributed by atoms with Crippen molar-refractivity contribution in [2.24, 2.45) is 0 Å². The molecule has 8 heteroatoms. The molecule has 0 bridgehead atoms. The van der Waals surface area contributed by atoms with E-state index in [1.165, 1.54) is 12.1 Å². The SMILES string of the molecule is N#CC(C#N)=Cc1c(F)c(Br)cc(C(F)(F)F)c1F. The van der Waals surface area contributed by atoms with Gasteiger partial charge in [-0.05, 0) is 28.1 Å². The Labute approximate surface area is 112 Å². The molecule has 0 spiro atoms. The van der Waals surface area contributed by atoms with Gasteiger partial charge in [0.15, 0.2) is 0 Å². The van der Waals surface area contributed by atoms with Crippen LogP contribution in [0.15, 0.2) is 16.1 Å². The van der Waals surface area contributed by atoms with Gasteiger partial charge in [0.05, 0.1) is 10.0 Å². The molecule has 0 saturated carbocycles. The Kier molecular flexibility index (Phi) is 4.28. The highest BCUT2D eigenvalue weighted by molar-refractivity contribution is 9.10. The van der Waals surface area contributed by atoms with Crippen LogP contribution in [0.1, 0.15) is 11.1 Å². The third-order valence-electron chi connectivity index (χ3n) is 2.03. The molecule has 0 aliphatic heterocycles. The molecule has 1 rings (SSSR count). The smallest absolute Gasteiger partial charge is 0.206 e. The number of rotatable bonds is 1. The van der Waals surface area contributed by atoms with Crippen molar-refractivity contribution in [1.82, 2.24) is 0 Å². The van der Waals surface area contributed by atoms with Crippen molar-refractivity contribution in [2.45, 2.75) is 6.18 Å². The highest BCUT2D eigenvalue weighted by atomic mass is 79.9. The van der Waals surface area contributed by atoms with Crippen molar-refractivity contribution in [3.63, 3.8) is 0 Å². The number of allylic oxidation sites excluding steroid dienone is 1. The summed E-state index contributed by atoms with van der Waals surface area (Å²) >= 11 is 2.52. The predicted octanol–water partition coefficient (Wildman–Crippen LogP) is 4.18. The number of hydrogen-bond donors (Lipinski definition) is 0. The molecule has 0 radical (unpaired) electrons. The molecule has 2 nitrogen and oxygen atoms in total. The van der Waals surface area contributed by atoms with Gasteiger partial charge in [-0.15, -0.1) is 0 Å². The summed E-state index contributed by atoms with van der Waals surface area (Å²) in [5.74, 6) is -3.20.